The Bertz CT molecular complexity index is 575. The maximum Gasteiger partial charge on any atom is 0.175 e. The van der Waals surface area contributed by atoms with Gasteiger partial charge in [0.2, 0.25) is 0 Å². The molecule has 2 rings (SSSR count). The van der Waals surface area contributed by atoms with Gasteiger partial charge >= 0.3 is 0 Å². The molecule has 5 N–H and O–H groups in total. The van der Waals surface area contributed by atoms with Gasteiger partial charge in [-0.05, 0) is 18.2 Å². The fraction of sp³-hybridized carbons (Fsp3) is 0.100. The second kappa shape index (κ2) is 4.92. The maximum atomic E-state index is 5.96. The molecule has 0 fully saturated rings. The van der Waals surface area contributed by atoms with E-state index in [1.807, 2.05) is 0 Å². The van der Waals surface area contributed by atoms with Crippen LogP contribution in [0, 0.1) is 0 Å². The molecule has 1 aromatic heterocycles. The number of halogens is 1. The van der Waals surface area contributed by atoms with Gasteiger partial charge in [-0.3, -0.25) is 5.10 Å². The van der Waals surface area contributed by atoms with E-state index in [2.05, 4.69) is 20.4 Å². The van der Waals surface area contributed by atoms with Crippen LogP contribution in [-0.2, 0) is 0 Å². The number of aromatic amines is 1. The minimum Gasteiger partial charge on any atom is -0.495 e. The lowest BCUT2D eigenvalue weighted by Crippen LogP contribution is -1.84. The lowest BCUT2D eigenvalue weighted by molar-refractivity contribution is 0.415. The summed E-state index contributed by atoms with van der Waals surface area (Å²) in [6.07, 6.45) is 0. The zero-order valence-corrected chi connectivity index (χ0v) is 10.3. The highest BCUT2D eigenvalue weighted by Crippen LogP contribution is 2.31. The summed E-state index contributed by atoms with van der Waals surface area (Å²) in [5.74, 6) is 1.02. The number of nitrogens with zero attached hydrogens (tertiary/aromatic N) is 3. The molecule has 2 aromatic rings. The number of azo groups is 1. The molecule has 94 valence electrons. The first kappa shape index (κ1) is 12.2. The predicted molar refractivity (Wildman–Crippen MR) is 69.6 cm³/mol. The minimum absolute atomic E-state index is 0.191. The van der Waals surface area contributed by atoms with Crippen molar-refractivity contribution in [3.05, 3.63) is 23.2 Å². The van der Waals surface area contributed by atoms with Crippen molar-refractivity contribution in [1.82, 2.24) is 10.2 Å². The number of H-pyrrole nitrogens is 1. The van der Waals surface area contributed by atoms with Crippen molar-refractivity contribution < 1.29 is 4.74 Å². The molecule has 1 aromatic carbocycles. The smallest absolute Gasteiger partial charge is 0.175 e. The van der Waals surface area contributed by atoms with E-state index in [0.29, 0.717) is 22.1 Å². The number of aromatic nitrogens is 2. The van der Waals surface area contributed by atoms with Gasteiger partial charge in [-0.2, -0.15) is 10.2 Å². The highest BCUT2D eigenvalue weighted by atomic mass is 35.5. The summed E-state index contributed by atoms with van der Waals surface area (Å²) in [4.78, 5) is 0. The maximum absolute atomic E-state index is 5.96. The summed E-state index contributed by atoms with van der Waals surface area (Å²) in [5.41, 5.74) is 12.0. The van der Waals surface area contributed by atoms with Gasteiger partial charge in [-0.15, -0.1) is 5.11 Å². The monoisotopic (exact) mass is 266 g/mol. The third-order valence-electron chi connectivity index (χ3n) is 2.20. The van der Waals surface area contributed by atoms with Crippen molar-refractivity contribution in [2.75, 3.05) is 18.6 Å². The molecule has 18 heavy (non-hydrogen) atoms. The van der Waals surface area contributed by atoms with Crippen molar-refractivity contribution in [3.63, 3.8) is 0 Å². The number of anilines is 2. The molecule has 0 atom stereocenters. The number of hydrogen-bond acceptors (Lipinski definition) is 6. The molecule has 0 amide bonds. The molecule has 0 bridgehead atoms. The Morgan fingerprint density at radius 2 is 2.11 bits per heavy atom. The van der Waals surface area contributed by atoms with Crippen molar-refractivity contribution in [2.45, 2.75) is 0 Å². The number of rotatable bonds is 3. The third kappa shape index (κ3) is 2.35. The Hall–Kier alpha value is -2.28. The van der Waals surface area contributed by atoms with Gasteiger partial charge in [0.15, 0.2) is 11.5 Å². The van der Waals surface area contributed by atoms with E-state index in [-0.39, 0.29) is 11.6 Å². The first-order valence-electron chi connectivity index (χ1n) is 4.96. The van der Waals surface area contributed by atoms with Crippen molar-refractivity contribution in [3.8, 4) is 5.75 Å². The van der Waals surface area contributed by atoms with Gasteiger partial charge < -0.3 is 16.2 Å². The van der Waals surface area contributed by atoms with E-state index in [1.54, 1.807) is 18.2 Å². The standard InChI is InChI=1S/C10H11ClN6O/c1-18-7-3-2-5(4-6(7)11)14-15-8-9(12)16-17-10(8)13/h2-4H,1H3,(H5,12,13,16,17). The topological polar surface area (TPSA) is 115 Å². The van der Waals surface area contributed by atoms with Gasteiger partial charge in [0.05, 0.1) is 17.8 Å². The van der Waals surface area contributed by atoms with Gasteiger partial charge in [0.25, 0.3) is 0 Å². The number of nitrogens with two attached hydrogens (primary N) is 2. The molecule has 0 radical (unpaired) electrons. The Balaban J connectivity index is 2.27. The molecule has 7 nitrogen and oxygen atoms in total. The van der Waals surface area contributed by atoms with E-state index >= 15 is 0 Å². The molecule has 0 aliphatic rings. The first-order chi connectivity index (χ1) is 8.61. The summed E-state index contributed by atoms with van der Waals surface area (Å²) in [6.45, 7) is 0. The van der Waals surface area contributed by atoms with Crippen LogP contribution in [-0.4, -0.2) is 17.3 Å². The molecule has 8 heteroatoms. The lowest BCUT2D eigenvalue weighted by atomic mass is 10.3. The second-order valence-electron chi connectivity index (χ2n) is 3.39. The van der Waals surface area contributed by atoms with Crippen molar-refractivity contribution in [1.29, 1.82) is 0 Å². The highest BCUT2D eigenvalue weighted by Gasteiger charge is 2.07. The van der Waals surface area contributed by atoms with Crippen LogP contribution in [0.3, 0.4) is 0 Å². The number of methoxy groups -OCH3 is 1. The van der Waals surface area contributed by atoms with Crippen LogP contribution < -0.4 is 16.2 Å². The van der Waals surface area contributed by atoms with Gasteiger partial charge in [0.1, 0.15) is 11.6 Å². The number of benzene rings is 1. The van der Waals surface area contributed by atoms with Gasteiger partial charge in [-0.1, -0.05) is 11.6 Å². The molecule has 0 aliphatic carbocycles. The number of ether oxygens (including phenoxy) is 1. The van der Waals surface area contributed by atoms with E-state index in [0.717, 1.165) is 0 Å². The van der Waals surface area contributed by atoms with Gasteiger partial charge in [-0.25, -0.2) is 0 Å². The highest BCUT2D eigenvalue weighted by molar-refractivity contribution is 6.32. The van der Waals surface area contributed by atoms with Crippen LogP contribution in [0.25, 0.3) is 0 Å². The second-order valence-corrected chi connectivity index (χ2v) is 3.80. The summed E-state index contributed by atoms with van der Waals surface area (Å²) < 4.78 is 5.03. The van der Waals surface area contributed by atoms with Crippen LogP contribution >= 0.6 is 11.6 Å². The number of nitrogen functional groups attached to an aromatic ring is 2. The van der Waals surface area contributed by atoms with Crippen LogP contribution in [0.4, 0.5) is 23.0 Å². The van der Waals surface area contributed by atoms with Crippen LogP contribution in [0.2, 0.25) is 5.02 Å². The largest absolute Gasteiger partial charge is 0.495 e. The molecule has 0 aliphatic heterocycles. The Morgan fingerprint density at radius 1 is 1.33 bits per heavy atom. The quantitative estimate of drug-likeness (QED) is 0.741. The Kier molecular flexibility index (Phi) is 3.33. The van der Waals surface area contributed by atoms with E-state index < -0.39 is 0 Å². The lowest BCUT2D eigenvalue weighted by Gasteiger charge is -2.02. The van der Waals surface area contributed by atoms with Crippen molar-refractivity contribution >= 4 is 34.6 Å². The van der Waals surface area contributed by atoms with Gasteiger partial charge in [0, 0.05) is 0 Å². The molecule has 0 unspecified atom stereocenters. The SMILES string of the molecule is COc1ccc(N=Nc2c(N)n[nH]c2N)cc1Cl. The van der Waals surface area contributed by atoms with E-state index in [9.17, 15) is 0 Å². The zero-order valence-electron chi connectivity index (χ0n) is 9.51. The van der Waals surface area contributed by atoms with Crippen LogP contribution in [0.1, 0.15) is 0 Å². The fourth-order valence-electron chi connectivity index (χ4n) is 1.29. The Morgan fingerprint density at radius 3 is 2.67 bits per heavy atom. The van der Waals surface area contributed by atoms with Crippen molar-refractivity contribution in [2.24, 2.45) is 10.2 Å². The van der Waals surface area contributed by atoms with Crippen LogP contribution in [0.15, 0.2) is 28.4 Å². The molecule has 0 saturated carbocycles. The van der Waals surface area contributed by atoms with E-state index in [4.69, 9.17) is 27.8 Å². The number of nitrogens with one attached hydrogen (secondary N) is 1. The molecule has 0 spiro atoms. The summed E-state index contributed by atoms with van der Waals surface area (Å²) in [7, 11) is 1.54. The first-order valence-corrected chi connectivity index (χ1v) is 5.34. The van der Waals surface area contributed by atoms with Crippen LogP contribution in [0.5, 0.6) is 5.75 Å². The average molecular weight is 267 g/mol. The molecule has 0 saturated heterocycles. The normalized spacial score (nSPS) is 11.0. The number of hydrogen-bond donors (Lipinski definition) is 3. The average Bonchev–Trinajstić information content (AvgIpc) is 2.67. The Labute approximate surface area is 108 Å². The molecular weight excluding hydrogens is 256 g/mol. The van der Waals surface area contributed by atoms with E-state index in [1.165, 1.54) is 7.11 Å². The molecule has 1 heterocycles. The summed E-state index contributed by atoms with van der Waals surface area (Å²) in [5, 5.41) is 14.5. The predicted octanol–water partition coefficient (Wildman–Crippen LogP) is 2.65. The zero-order chi connectivity index (χ0) is 13.1. The fourth-order valence-corrected chi connectivity index (χ4v) is 1.55. The third-order valence-corrected chi connectivity index (χ3v) is 2.49. The molecular formula is C10H11ClN6O. The minimum atomic E-state index is 0.191. The summed E-state index contributed by atoms with van der Waals surface area (Å²) >= 11 is 5.96. The summed E-state index contributed by atoms with van der Waals surface area (Å²) in [6, 6.07) is 5.02.